The number of hydrogen-bond donors (Lipinski definition) is 1. The minimum Gasteiger partial charge on any atom is -0.338 e. The van der Waals surface area contributed by atoms with Crippen molar-refractivity contribution in [3.63, 3.8) is 0 Å². The number of nitrogens with one attached hydrogen (secondary N) is 1. The molecule has 0 aliphatic carbocycles. The Labute approximate surface area is 177 Å². The van der Waals surface area contributed by atoms with Gasteiger partial charge in [-0.25, -0.2) is 0 Å². The van der Waals surface area contributed by atoms with Crippen molar-refractivity contribution >= 4 is 11.6 Å². The van der Waals surface area contributed by atoms with Gasteiger partial charge in [0.2, 0.25) is 17.6 Å². The smallest absolute Gasteiger partial charge is 0.241 e. The Bertz CT molecular complexity index is 988. The third kappa shape index (κ3) is 4.76. The number of hydrogen-bond acceptors (Lipinski definition) is 5. The number of anilines is 1. The van der Waals surface area contributed by atoms with Crippen LogP contribution in [-0.4, -0.2) is 34.0 Å². The molecule has 2 heterocycles. The Kier molecular flexibility index (Phi) is 6.23. The number of likely N-dealkylation sites (tertiary alicyclic amines) is 1. The van der Waals surface area contributed by atoms with E-state index in [4.69, 9.17) is 4.52 Å². The van der Waals surface area contributed by atoms with E-state index in [-0.39, 0.29) is 11.8 Å². The minimum atomic E-state index is 0.0392. The first kappa shape index (κ1) is 20.3. The van der Waals surface area contributed by atoms with Gasteiger partial charge >= 0.3 is 0 Å². The van der Waals surface area contributed by atoms with Crippen molar-refractivity contribution in [1.82, 2.24) is 15.0 Å². The number of carbonyl (C=O) groups excluding carboxylic acids is 1. The molecule has 6 heteroatoms. The lowest BCUT2D eigenvalue weighted by atomic mass is 9.95. The molecule has 0 unspecified atom stereocenters. The van der Waals surface area contributed by atoms with Crippen LogP contribution in [0.3, 0.4) is 0 Å². The van der Waals surface area contributed by atoms with Crippen LogP contribution in [0.1, 0.15) is 36.8 Å². The molecule has 1 aromatic heterocycles. The van der Waals surface area contributed by atoms with Gasteiger partial charge in [-0.05, 0) is 62.5 Å². The van der Waals surface area contributed by atoms with Crippen LogP contribution < -0.4 is 5.32 Å². The summed E-state index contributed by atoms with van der Waals surface area (Å²) in [6, 6.07) is 16.1. The molecule has 2 aromatic carbocycles. The molecular formula is C24H28N4O2. The number of carbonyl (C=O) groups is 1. The van der Waals surface area contributed by atoms with Gasteiger partial charge in [-0.1, -0.05) is 48.5 Å². The molecule has 1 aliphatic heterocycles. The van der Waals surface area contributed by atoms with E-state index in [0.717, 1.165) is 49.2 Å². The van der Waals surface area contributed by atoms with Crippen LogP contribution in [0.2, 0.25) is 0 Å². The SMILES string of the molecule is CCc1ccc(NC(=O)C2CCN(Cc3nc(-c4ccccc4C)no3)CC2)cc1. The Morgan fingerprint density at radius 1 is 1.13 bits per heavy atom. The monoisotopic (exact) mass is 404 g/mol. The zero-order chi connectivity index (χ0) is 20.9. The quantitative estimate of drug-likeness (QED) is 0.657. The number of amides is 1. The number of aromatic nitrogens is 2. The van der Waals surface area contributed by atoms with Crippen LogP contribution in [0.5, 0.6) is 0 Å². The third-order valence-corrected chi connectivity index (χ3v) is 5.80. The lowest BCUT2D eigenvalue weighted by Gasteiger charge is -2.30. The number of rotatable bonds is 6. The highest BCUT2D eigenvalue weighted by Gasteiger charge is 2.26. The van der Waals surface area contributed by atoms with Crippen LogP contribution >= 0.6 is 0 Å². The Balaban J connectivity index is 1.28. The summed E-state index contributed by atoms with van der Waals surface area (Å²) < 4.78 is 5.47. The van der Waals surface area contributed by atoms with Gasteiger partial charge in [0.05, 0.1) is 6.54 Å². The summed E-state index contributed by atoms with van der Waals surface area (Å²) in [5.74, 6) is 1.40. The molecular weight excluding hydrogens is 376 g/mol. The van der Waals surface area contributed by atoms with E-state index in [1.165, 1.54) is 5.56 Å². The molecule has 3 aromatic rings. The summed E-state index contributed by atoms with van der Waals surface area (Å²) in [7, 11) is 0. The molecule has 0 spiro atoms. The van der Waals surface area contributed by atoms with E-state index in [1.54, 1.807) is 0 Å². The maximum Gasteiger partial charge on any atom is 0.241 e. The second kappa shape index (κ2) is 9.22. The van der Waals surface area contributed by atoms with Crippen molar-refractivity contribution in [3.8, 4) is 11.4 Å². The molecule has 0 saturated carbocycles. The van der Waals surface area contributed by atoms with E-state index >= 15 is 0 Å². The van der Waals surface area contributed by atoms with Gasteiger partial charge < -0.3 is 9.84 Å². The van der Waals surface area contributed by atoms with Gasteiger partial charge in [0.25, 0.3) is 0 Å². The maximum atomic E-state index is 12.6. The summed E-state index contributed by atoms with van der Waals surface area (Å²) in [4.78, 5) is 19.4. The number of nitrogens with zero attached hydrogens (tertiary/aromatic N) is 3. The van der Waals surface area contributed by atoms with Crippen molar-refractivity contribution in [2.24, 2.45) is 5.92 Å². The van der Waals surface area contributed by atoms with Crippen LogP contribution in [0.25, 0.3) is 11.4 Å². The van der Waals surface area contributed by atoms with Crippen LogP contribution in [-0.2, 0) is 17.8 Å². The first-order valence-corrected chi connectivity index (χ1v) is 10.6. The molecule has 0 atom stereocenters. The van der Waals surface area contributed by atoms with Gasteiger partial charge in [0.1, 0.15) is 0 Å². The van der Waals surface area contributed by atoms with Gasteiger partial charge in [0.15, 0.2) is 0 Å². The van der Waals surface area contributed by atoms with E-state index in [9.17, 15) is 4.79 Å². The highest BCUT2D eigenvalue weighted by molar-refractivity contribution is 5.92. The fourth-order valence-electron chi connectivity index (χ4n) is 3.86. The molecule has 1 aliphatic rings. The summed E-state index contributed by atoms with van der Waals surface area (Å²) in [5, 5.41) is 7.19. The molecule has 1 saturated heterocycles. The molecule has 0 radical (unpaired) electrons. The van der Waals surface area contributed by atoms with Crippen LogP contribution in [0, 0.1) is 12.8 Å². The van der Waals surface area contributed by atoms with Crippen molar-refractivity contribution in [2.75, 3.05) is 18.4 Å². The number of aryl methyl sites for hydroxylation is 2. The van der Waals surface area contributed by atoms with Gasteiger partial charge in [0, 0.05) is 17.2 Å². The molecule has 30 heavy (non-hydrogen) atoms. The van der Waals surface area contributed by atoms with E-state index in [0.29, 0.717) is 18.3 Å². The van der Waals surface area contributed by atoms with Crippen LogP contribution in [0.4, 0.5) is 5.69 Å². The average Bonchev–Trinajstić information content (AvgIpc) is 3.23. The van der Waals surface area contributed by atoms with Crippen molar-refractivity contribution in [3.05, 3.63) is 65.5 Å². The highest BCUT2D eigenvalue weighted by atomic mass is 16.5. The van der Waals surface area contributed by atoms with Gasteiger partial charge in [-0.15, -0.1) is 0 Å². The molecule has 1 N–H and O–H groups in total. The standard InChI is InChI=1S/C24H28N4O2/c1-3-18-8-10-20(11-9-18)25-24(29)19-12-14-28(15-13-19)16-22-26-23(27-30-22)21-7-5-4-6-17(21)2/h4-11,19H,3,12-16H2,1-2H3,(H,25,29). The summed E-state index contributed by atoms with van der Waals surface area (Å²) in [6.45, 7) is 6.47. The Morgan fingerprint density at radius 3 is 2.57 bits per heavy atom. The largest absolute Gasteiger partial charge is 0.338 e. The van der Waals surface area contributed by atoms with E-state index in [2.05, 4.69) is 39.4 Å². The van der Waals surface area contributed by atoms with Crippen molar-refractivity contribution in [1.29, 1.82) is 0 Å². The van der Waals surface area contributed by atoms with Gasteiger partial charge in [-0.2, -0.15) is 4.98 Å². The second-order valence-electron chi connectivity index (χ2n) is 7.92. The topological polar surface area (TPSA) is 71.3 Å². The summed E-state index contributed by atoms with van der Waals surface area (Å²) in [5.41, 5.74) is 4.26. The molecule has 156 valence electrons. The van der Waals surface area contributed by atoms with Crippen molar-refractivity contribution < 1.29 is 9.32 Å². The third-order valence-electron chi connectivity index (χ3n) is 5.80. The average molecular weight is 405 g/mol. The first-order chi connectivity index (χ1) is 14.6. The highest BCUT2D eigenvalue weighted by Crippen LogP contribution is 2.23. The first-order valence-electron chi connectivity index (χ1n) is 10.6. The fourth-order valence-corrected chi connectivity index (χ4v) is 3.86. The predicted molar refractivity (Wildman–Crippen MR) is 117 cm³/mol. The Morgan fingerprint density at radius 2 is 1.87 bits per heavy atom. The molecule has 0 bridgehead atoms. The van der Waals surface area contributed by atoms with Crippen LogP contribution in [0.15, 0.2) is 53.1 Å². The summed E-state index contributed by atoms with van der Waals surface area (Å²) in [6.07, 6.45) is 2.66. The lowest BCUT2D eigenvalue weighted by molar-refractivity contribution is -0.121. The number of benzene rings is 2. The predicted octanol–water partition coefficient (Wildman–Crippen LogP) is 4.46. The van der Waals surface area contributed by atoms with Gasteiger partial charge in [-0.3, -0.25) is 9.69 Å². The Hall–Kier alpha value is -2.99. The lowest BCUT2D eigenvalue weighted by Crippen LogP contribution is -2.37. The molecule has 4 rings (SSSR count). The van der Waals surface area contributed by atoms with E-state index in [1.807, 2.05) is 43.3 Å². The second-order valence-corrected chi connectivity index (χ2v) is 7.92. The molecule has 1 fully saturated rings. The zero-order valence-electron chi connectivity index (χ0n) is 17.6. The normalized spacial score (nSPS) is 15.3. The molecule has 1 amide bonds. The summed E-state index contributed by atoms with van der Waals surface area (Å²) >= 11 is 0. The fraction of sp³-hybridized carbons (Fsp3) is 0.375. The minimum absolute atomic E-state index is 0.0392. The molecule has 6 nitrogen and oxygen atoms in total. The van der Waals surface area contributed by atoms with Crippen molar-refractivity contribution in [2.45, 2.75) is 39.7 Å². The number of piperidine rings is 1. The van der Waals surface area contributed by atoms with E-state index < -0.39 is 0 Å². The zero-order valence-corrected chi connectivity index (χ0v) is 17.6. The maximum absolute atomic E-state index is 12.6.